The first-order chi connectivity index (χ1) is 16.8. The van der Waals surface area contributed by atoms with Crippen LogP contribution in [0, 0.1) is 0 Å². The summed E-state index contributed by atoms with van der Waals surface area (Å²) in [6.07, 6.45) is 1.31. The Morgan fingerprint density at radius 2 is 1.74 bits per heavy atom. The Hall–Kier alpha value is -3.82. The Labute approximate surface area is 213 Å². The lowest BCUT2D eigenvalue weighted by Gasteiger charge is -2.26. The lowest BCUT2D eigenvalue weighted by atomic mass is 10.1. The summed E-state index contributed by atoms with van der Waals surface area (Å²) in [6, 6.07) is 15.2. The van der Waals surface area contributed by atoms with E-state index in [-0.39, 0.29) is 28.6 Å². The molecule has 3 aromatic carbocycles. The topological polar surface area (TPSA) is 105 Å². The molecule has 3 aromatic rings. The van der Waals surface area contributed by atoms with Crippen molar-refractivity contribution >= 4 is 57.1 Å². The van der Waals surface area contributed by atoms with E-state index in [4.69, 9.17) is 21.1 Å². The largest absolute Gasteiger partial charge is 0.508 e. The van der Waals surface area contributed by atoms with Crippen LogP contribution in [0.3, 0.4) is 0 Å². The van der Waals surface area contributed by atoms with Crippen molar-refractivity contribution in [3.05, 3.63) is 86.9 Å². The van der Waals surface area contributed by atoms with Crippen LogP contribution >= 0.6 is 27.5 Å². The van der Waals surface area contributed by atoms with Crippen LogP contribution in [0.1, 0.15) is 11.1 Å². The summed E-state index contributed by atoms with van der Waals surface area (Å²) < 4.78 is 12.2. The molecule has 0 aromatic heterocycles. The normalized spacial score (nSPS) is 14.8. The van der Waals surface area contributed by atoms with Crippen LogP contribution in [0.25, 0.3) is 6.08 Å². The molecule has 10 heteroatoms. The van der Waals surface area contributed by atoms with Gasteiger partial charge >= 0.3 is 6.03 Å². The van der Waals surface area contributed by atoms with Crippen molar-refractivity contribution in [3.63, 3.8) is 0 Å². The smallest absolute Gasteiger partial charge is 0.335 e. The highest BCUT2D eigenvalue weighted by atomic mass is 79.9. The summed E-state index contributed by atoms with van der Waals surface area (Å²) in [4.78, 5) is 38.6. The Morgan fingerprint density at radius 1 is 1.06 bits per heavy atom. The molecule has 4 amide bonds. The van der Waals surface area contributed by atoms with Crippen LogP contribution in [0.5, 0.6) is 17.2 Å². The van der Waals surface area contributed by atoms with Gasteiger partial charge in [-0.1, -0.05) is 39.7 Å². The average Bonchev–Trinajstić information content (AvgIpc) is 2.83. The first-order valence-electron chi connectivity index (χ1n) is 10.2. The van der Waals surface area contributed by atoms with Crippen LogP contribution in [0.2, 0.25) is 5.02 Å². The molecule has 1 aliphatic rings. The van der Waals surface area contributed by atoms with Crippen LogP contribution in [0.15, 0.2) is 70.7 Å². The third-order valence-corrected chi connectivity index (χ3v) is 5.88. The molecule has 0 atom stereocenters. The number of phenolic OH excluding ortho intramolecular Hbond substituents is 1. The number of carbonyl (C=O) groups excluding carboxylic acids is 3. The van der Waals surface area contributed by atoms with Crippen molar-refractivity contribution in [1.82, 2.24) is 5.32 Å². The predicted octanol–water partition coefficient (Wildman–Crippen LogP) is 5.06. The molecule has 1 aliphatic heterocycles. The highest BCUT2D eigenvalue weighted by Gasteiger charge is 2.36. The number of hydrogen-bond acceptors (Lipinski definition) is 6. The van der Waals surface area contributed by atoms with Crippen molar-refractivity contribution in [2.75, 3.05) is 12.0 Å². The number of halogens is 2. The maximum absolute atomic E-state index is 13.0. The van der Waals surface area contributed by atoms with E-state index in [1.807, 2.05) is 24.3 Å². The van der Waals surface area contributed by atoms with Gasteiger partial charge in [0.2, 0.25) is 0 Å². The van der Waals surface area contributed by atoms with Crippen molar-refractivity contribution < 1.29 is 29.0 Å². The molecule has 0 aliphatic carbocycles. The van der Waals surface area contributed by atoms with Crippen molar-refractivity contribution in [1.29, 1.82) is 0 Å². The third-order valence-electron chi connectivity index (χ3n) is 5.07. The molecule has 1 heterocycles. The van der Waals surface area contributed by atoms with Crippen molar-refractivity contribution in [3.8, 4) is 17.2 Å². The number of amides is 4. The second-order valence-corrected chi connectivity index (χ2v) is 8.75. The number of rotatable bonds is 6. The van der Waals surface area contributed by atoms with E-state index in [0.717, 1.165) is 14.9 Å². The fourth-order valence-electron chi connectivity index (χ4n) is 3.36. The van der Waals surface area contributed by atoms with Crippen LogP contribution in [0.4, 0.5) is 10.5 Å². The lowest BCUT2D eigenvalue weighted by molar-refractivity contribution is -0.122. The molecule has 1 fully saturated rings. The first-order valence-corrected chi connectivity index (χ1v) is 11.4. The highest BCUT2D eigenvalue weighted by molar-refractivity contribution is 9.10. The molecular formula is C25H18BrClN2O6. The number of imide groups is 2. The van der Waals surface area contributed by atoms with E-state index in [9.17, 15) is 19.5 Å². The summed E-state index contributed by atoms with van der Waals surface area (Å²) in [6.45, 7) is 0.244. The van der Waals surface area contributed by atoms with Gasteiger partial charge in [-0.3, -0.25) is 14.9 Å². The van der Waals surface area contributed by atoms with Gasteiger partial charge in [-0.05, 0) is 65.7 Å². The summed E-state index contributed by atoms with van der Waals surface area (Å²) in [5, 5.41) is 11.8. The summed E-state index contributed by atoms with van der Waals surface area (Å²) in [5.74, 6) is -1.10. The number of anilines is 1. The highest BCUT2D eigenvalue weighted by Crippen LogP contribution is 2.38. The molecule has 178 valence electrons. The molecule has 35 heavy (non-hydrogen) atoms. The molecule has 0 unspecified atom stereocenters. The second kappa shape index (κ2) is 10.2. The minimum absolute atomic E-state index is 0.0327. The maximum atomic E-state index is 13.0. The minimum Gasteiger partial charge on any atom is -0.508 e. The Bertz CT molecular complexity index is 1340. The second-order valence-electron chi connectivity index (χ2n) is 7.42. The van der Waals surface area contributed by atoms with Gasteiger partial charge in [0.25, 0.3) is 11.8 Å². The standard InChI is InChI=1S/C25H18BrClN2O6/c1-34-21-12-15(11-20(27)22(21)35-13-14-2-4-16(26)5-3-14)10-19-23(31)28-25(33)29(24(19)32)17-6-8-18(30)9-7-17/h2-12,30H,13H2,1H3,(H,28,31,33)/b19-10+. The summed E-state index contributed by atoms with van der Waals surface area (Å²) in [7, 11) is 1.44. The lowest BCUT2D eigenvalue weighted by Crippen LogP contribution is -2.54. The fourth-order valence-corrected chi connectivity index (χ4v) is 3.90. The fraction of sp³-hybridized carbons (Fsp3) is 0.0800. The molecule has 0 radical (unpaired) electrons. The molecule has 0 saturated carbocycles. The molecule has 0 spiro atoms. The number of nitrogens with one attached hydrogen (secondary N) is 1. The summed E-state index contributed by atoms with van der Waals surface area (Å²) >= 11 is 9.83. The van der Waals surface area contributed by atoms with Gasteiger partial charge in [0.05, 0.1) is 17.8 Å². The predicted molar refractivity (Wildman–Crippen MR) is 134 cm³/mol. The van der Waals surface area contributed by atoms with E-state index in [0.29, 0.717) is 17.1 Å². The zero-order chi connectivity index (χ0) is 25.1. The van der Waals surface area contributed by atoms with Gasteiger partial charge in [0, 0.05) is 4.47 Å². The number of nitrogens with zero attached hydrogens (tertiary/aromatic N) is 1. The van der Waals surface area contributed by atoms with E-state index in [2.05, 4.69) is 21.2 Å². The van der Waals surface area contributed by atoms with Gasteiger partial charge in [0.15, 0.2) is 11.5 Å². The molecule has 2 N–H and O–H groups in total. The van der Waals surface area contributed by atoms with Crippen LogP contribution in [-0.2, 0) is 16.2 Å². The molecule has 4 rings (SSSR count). The number of benzene rings is 3. The van der Waals surface area contributed by atoms with Gasteiger partial charge in [-0.25, -0.2) is 9.69 Å². The zero-order valence-corrected chi connectivity index (χ0v) is 20.6. The quantitative estimate of drug-likeness (QED) is 0.324. The number of ether oxygens (including phenoxy) is 2. The van der Waals surface area contributed by atoms with E-state index in [1.165, 1.54) is 43.5 Å². The number of aromatic hydroxyl groups is 1. The van der Waals surface area contributed by atoms with Gasteiger partial charge in [0.1, 0.15) is 17.9 Å². The minimum atomic E-state index is -0.893. The Balaban J connectivity index is 1.63. The number of methoxy groups -OCH3 is 1. The Kier molecular flexibility index (Phi) is 7.09. The van der Waals surface area contributed by atoms with E-state index in [1.54, 1.807) is 6.07 Å². The zero-order valence-electron chi connectivity index (χ0n) is 18.2. The number of urea groups is 1. The van der Waals surface area contributed by atoms with Crippen LogP contribution < -0.4 is 19.7 Å². The number of carbonyl (C=O) groups is 3. The molecule has 0 bridgehead atoms. The average molecular weight is 558 g/mol. The number of phenols is 1. The number of hydrogen-bond donors (Lipinski definition) is 2. The SMILES string of the molecule is COc1cc(/C=C2\C(=O)NC(=O)N(c3ccc(O)cc3)C2=O)cc(Cl)c1OCc1ccc(Br)cc1. The number of barbiturate groups is 1. The van der Waals surface area contributed by atoms with Gasteiger partial charge in [-0.15, -0.1) is 0 Å². The van der Waals surface area contributed by atoms with Crippen molar-refractivity contribution in [2.45, 2.75) is 6.61 Å². The Morgan fingerprint density at radius 3 is 2.40 bits per heavy atom. The molecule has 8 nitrogen and oxygen atoms in total. The molecular weight excluding hydrogens is 540 g/mol. The van der Waals surface area contributed by atoms with Gasteiger partial charge in [-0.2, -0.15) is 0 Å². The molecule has 1 saturated heterocycles. The van der Waals surface area contributed by atoms with Crippen LogP contribution in [-0.4, -0.2) is 30.1 Å². The maximum Gasteiger partial charge on any atom is 0.335 e. The van der Waals surface area contributed by atoms with E-state index < -0.39 is 17.8 Å². The first kappa shape index (κ1) is 24.3. The van der Waals surface area contributed by atoms with E-state index >= 15 is 0 Å². The third kappa shape index (κ3) is 5.31. The summed E-state index contributed by atoms with van der Waals surface area (Å²) in [5.41, 5.74) is 1.22. The monoisotopic (exact) mass is 556 g/mol. The van der Waals surface area contributed by atoms with Gasteiger partial charge < -0.3 is 14.6 Å². The van der Waals surface area contributed by atoms with Crippen molar-refractivity contribution in [2.24, 2.45) is 0 Å².